The van der Waals surface area contributed by atoms with E-state index in [4.69, 9.17) is 0 Å². The van der Waals surface area contributed by atoms with E-state index in [2.05, 4.69) is 31.4 Å². The minimum atomic E-state index is -0.807. The first-order valence-electron chi connectivity index (χ1n) is 10.1. The summed E-state index contributed by atoms with van der Waals surface area (Å²) in [6, 6.07) is -1.37. The number of hydrogen-bond donors (Lipinski definition) is 2. The quantitative estimate of drug-likeness (QED) is 0.600. The van der Waals surface area contributed by atoms with Gasteiger partial charge in [-0.15, -0.1) is 0 Å². The molecule has 2 fully saturated rings. The number of nitrogens with zero attached hydrogens (tertiary/aromatic N) is 1. The monoisotopic (exact) mass is 399 g/mol. The van der Waals surface area contributed by atoms with Crippen molar-refractivity contribution in [1.29, 1.82) is 0 Å². The van der Waals surface area contributed by atoms with Crippen molar-refractivity contribution < 1.29 is 19.2 Å². The second-order valence-corrected chi connectivity index (χ2v) is 8.24. The van der Waals surface area contributed by atoms with Crippen LogP contribution < -0.4 is 10.6 Å². The highest BCUT2D eigenvalue weighted by Gasteiger charge is 2.35. The lowest BCUT2D eigenvalue weighted by atomic mass is 9.81. The molecule has 2 aliphatic rings. The molecule has 0 radical (unpaired) electrons. The number of likely N-dealkylation sites (tertiary alicyclic amines) is 1. The molecule has 0 aliphatic carbocycles. The van der Waals surface area contributed by atoms with Gasteiger partial charge in [-0.3, -0.25) is 19.7 Å². The largest absolute Gasteiger partial charge is 0.343 e. The number of piperidine rings is 1. The number of urea groups is 1. The number of imide groups is 1. The molecule has 1 aromatic rings. The lowest BCUT2D eigenvalue weighted by molar-refractivity contribution is -0.135. The maximum atomic E-state index is 13.3. The van der Waals surface area contributed by atoms with Crippen molar-refractivity contribution in [2.24, 2.45) is 5.92 Å². The Balaban J connectivity index is 1.65. The Hall–Kier alpha value is -2.70. The summed E-state index contributed by atoms with van der Waals surface area (Å²) in [5, 5.41) is 4.58. The van der Waals surface area contributed by atoms with Gasteiger partial charge in [0.05, 0.1) is 6.42 Å². The van der Waals surface area contributed by atoms with Crippen LogP contribution in [0.2, 0.25) is 0 Å². The van der Waals surface area contributed by atoms with Crippen molar-refractivity contribution >= 4 is 23.6 Å². The highest BCUT2D eigenvalue weighted by Crippen LogP contribution is 2.31. The molecule has 0 saturated carbocycles. The molecule has 29 heavy (non-hydrogen) atoms. The van der Waals surface area contributed by atoms with Crippen LogP contribution in [0, 0.1) is 40.5 Å². The van der Waals surface area contributed by atoms with E-state index in [0.29, 0.717) is 25.9 Å². The third kappa shape index (κ3) is 3.91. The van der Waals surface area contributed by atoms with E-state index >= 15 is 0 Å². The van der Waals surface area contributed by atoms with E-state index in [1.165, 1.54) is 16.7 Å². The van der Waals surface area contributed by atoms with E-state index in [0.717, 1.165) is 16.7 Å². The fourth-order valence-electron chi connectivity index (χ4n) is 4.37. The topological polar surface area (TPSA) is 95.6 Å². The number of nitrogens with one attached hydrogen (secondary N) is 2. The van der Waals surface area contributed by atoms with Gasteiger partial charge in [-0.2, -0.15) is 0 Å². The molecular weight excluding hydrogens is 370 g/mol. The lowest BCUT2D eigenvalue weighted by Gasteiger charge is -2.32. The van der Waals surface area contributed by atoms with Gasteiger partial charge in [0.15, 0.2) is 5.78 Å². The van der Waals surface area contributed by atoms with Crippen molar-refractivity contribution in [2.75, 3.05) is 13.1 Å². The molecule has 156 valence electrons. The standard InChI is InChI=1S/C22H29N3O4/c1-11-12(2)14(4)19(15(5)13(11)3)20(27)16-6-8-25(9-7-16)18(26)10-17-21(28)24-22(29)23-17/h16-17H,6-10H2,1-5H3,(H2,23,24,28,29). The summed E-state index contributed by atoms with van der Waals surface area (Å²) in [6.45, 7) is 11.2. The summed E-state index contributed by atoms with van der Waals surface area (Å²) >= 11 is 0. The number of carbonyl (C=O) groups excluding carboxylic acids is 4. The van der Waals surface area contributed by atoms with Crippen LogP contribution in [0.5, 0.6) is 0 Å². The molecule has 7 heteroatoms. The van der Waals surface area contributed by atoms with Crippen LogP contribution in [0.15, 0.2) is 0 Å². The fraction of sp³-hybridized carbons (Fsp3) is 0.545. The van der Waals surface area contributed by atoms with Crippen LogP contribution in [0.3, 0.4) is 0 Å². The summed E-state index contributed by atoms with van der Waals surface area (Å²) in [4.78, 5) is 50.3. The number of amides is 4. The molecule has 2 heterocycles. The zero-order chi connectivity index (χ0) is 21.5. The summed E-state index contributed by atoms with van der Waals surface area (Å²) in [7, 11) is 0. The first-order chi connectivity index (χ1) is 13.6. The second-order valence-electron chi connectivity index (χ2n) is 8.24. The number of hydrogen-bond acceptors (Lipinski definition) is 4. The Morgan fingerprint density at radius 3 is 1.90 bits per heavy atom. The zero-order valence-corrected chi connectivity index (χ0v) is 17.8. The average molecular weight is 399 g/mol. The molecule has 1 unspecified atom stereocenters. The van der Waals surface area contributed by atoms with Gasteiger partial charge >= 0.3 is 6.03 Å². The van der Waals surface area contributed by atoms with Crippen LogP contribution in [0.1, 0.15) is 57.4 Å². The summed E-state index contributed by atoms with van der Waals surface area (Å²) in [6.07, 6.45) is 1.17. The molecule has 2 saturated heterocycles. The minimum absolute atomic E-state index is 0.0508. The van der Waals surface area contributed by atoms with Crippen LogP contribution in [-0.2, 0) is 9.59 Å². The molecule has 2 N–H and O–H groups in total. The van der Waals surface area contributed by atoms with Crippen molar-refractivity contribution in [3.63, 3.8) is 0 Å². The molecule has 3 rings (SSSR count). The van der Waals surface area contributed by atoms with Gasteiger partial charge in [-0.1, -0.05) is 0 Å². The molecule has 7 nitrogen and oxygen atoms in total. The Bertz CT molecular complexity index is 869. The highest BCUT2D eigenvalue weighted by molar-refractivity contribution is 6.05. The van der Waals surface area contributed by atoms with E-state index < -0.39 is 18.0 Å². The molecule has 1 atom stereocenters. The van der Waals surface area contributed by atoms with Crippen molar-refractivity contribution in [3.05, 3.63) is 33.4 Å². The van der Waals surface area contributed by atoms with Crippen LogP contribution in [0.25, 0.3) is 0 Å². The van der Waals surface area contributed by atoms with Gasteiger partial charge in [-0.05, 0) is 75.3 Å². The van der Waals surface area contributed by atoms with E-state index in [1.54, 1.807) is 4.90 Å². The van der Waals surface area contributed by atoms with Crippen LogP contribution >= 0.6 is 0 Å². The third-order valence-electron chi connectivity index (χ3n) is 6.70. The van der Waals surface area contributed by atoms with Gasteiger partial charge in [0.1, 0.15) is 6.04 Å². The van der Waals surface area contributed by atoms with Gasteiger partial charge in [0.25, 0.3) is 5.91 Å². The maximum Gasteiger partial charge on any atom is 0.322 e. The summed E-state index contributed by atoms with van der Waals surface area (Å²) in [5.74, 6) is -0.578. The predicted molar refractivity (Wildman–Crippen MR) is 109 cm³/mol. The molecule has 0 spiro atoms. The van der Waals surface area contributed by atoms with E-state index in [9.17, 15) is 19.2 Å². The van der Waals surface area contributed by atoms with Crippen molar-refractivity contribution in [2.45, 2.75) is 59.9 Å². The molecule has 1 aromatic carbocycles. The summed E-state index contributed by atoms with van der Waals surface area (Å²) in [5.41, 5.74) is 6.51. The van der Waals surface area contributed by atoms with Crippen LogP contribution in [-0.4, -0.2) is 47.7 Å². The normalized spacial score (nSPS) is 19.9. The second kappa shape index (κ2) is 7.97. The van der Waals surface area contributed by atoms with Crippen molar-refractivity contribution in [3.8, 4) is 0 Å². The highest BCUT2D eigenvalue weighted by atomic mass is 16.2. The molecule has 4 amide bonds. The van der Waals surface area contributed by atoms with E-state index in [-0.39, 0.29) is 24.0 Å². The summed E-state index contributed by atoms with van der Waals surface area (Å²) < 4.78 is 0. The minimum Gasteiger partial charge on any atom is -0.343 e. The molecule has 2 aliphatic heterocycles. The van der Waals surface area contributed by atoms with Gasteiger partial charge in [-0.25, -0.2) is 4.79 Å². The smallest absolute Gasteiger partial charge is 0.322 e. The Labute approximate surface area is 171 Å². The van der Waals surface area contributed by atoms with Gasteiger partial charge in [0, 0.05) is 24.6 Å². The first kappa shape index (κ1) is 21.0. The van der Waals surface area contributed by atoms with Gasteiger partial charge < -0.3 is 10.2 Å². The molecular formula is C22H29N3O4. The Morgan fingerprint density at radius 2 is 1.41 bits per heavy atom. The average Bonchev–Trinajstić information content (AvgIpc) is 3.01. The van der Waals surface area contributed by atoms with E-state index in [1.807, 2.05) is 13.8 Å². The molecule has 0 bridgehead atoms. The number of Topliss-reactive ketones (excluding diaryl/α,β-unsaturated/α-hetero) is 1. The third-order valence-corrected chi connectivity index (χ3v) is 6.70. The molecule has 0 aromatic heterocycles. The Morgan fingerprint density at radius 1 is 0.897 bits per heavy atom. The Kier molecular flexibility index (Phi) is 5.78. The first-order valence-corrected chi connectivity index (χ1v) is 10.1. The van der Waals surface area contributed by atoms with Crippen molar-refractivity contribution in [1.82, 2.24) is 15.5 Å². The predicted octanol–water partition coefficient (Wildman–Crippen LogP) is 2.25. The SMILES string of the molecule is Cc1c(C)c(C)c(C(=O)C2CCN(C(=O)CC3NC(=O)NC3=O)CC2)c(C)c1C. The number of carbonyl (C=O) groups is 4. The zero-order valence-electron chi connectivity index (χ0n) is 17.8. The van der Waals surface area contributed by atoms with Crippen LogP contribution in [0.4, 0.5) is 4.79 Å². The maximum absolute atomic E-state index is 13.3. The lowest BCUT2D eigenvalue weighted by Crippen LogP contribution is -2.43. The number of rotatable bonds is 4. The fourth-order valence-corrected chi connectivity index (χ4v) is 4.37. The number of benzene rings is 1. The van der Waals surface area contributed by atoms with Gasteiger partial charge in [0.2, 0.25) is 5.91 Å². The number of ketones is 1.